The fraction of sp³-hybridized carbons (Fsp3) is 0.304. The van der Waals surface area contributed by atoms with Gasteiger partial charge in [-0.2, -0.15) is 0 Å². The molecule has 0 amide bonds. The predicted molar refractivity (Wildman–Crippen MR) is 120 cm³/mol. The molecule has 2 atom stereocenters. The second kappa shape index (κ2) is 9.72. The second-order valence-corrected chi connectivity index (χ2v) is 9.45. The number of hydrogen-bond donors (Lipinski definition) is 1. The zero-order chi connectivity index (χ0) is 22.7. The minimum Gasteiger partial charge on any atom is -0.611 e. The Labute approximate surface area is 188 Å². The Hall–Kier alpha value is -2.88. The largest absolute Gasteiger partial charge is 0.611 e. The standard InChI is InChI=1S/C23H23FN4O3S/c1-14(11-12-29)32(30)17-9-7-16(8-10-17)20-13-25-15(2)21(26-20)23-28-27-22(31-23)18-5-3-4-6-19(18)24/h3-7,9,13-14,29H,8,10-12H2,1-2H3. The molecule has 32 heavy (non-hydrogen) atoms. The molecule has 9 heteroatoms. The van der Waals surface area contributed by atoms with Gasteiger partial charge in [-0.1, -0.05) is 18.2 Å². The first kappa shape index (κ1) is 22.3. The van der Waals surface area contributed by atoms with Crippen LogP contribution in [0.2, 0.25) is 0 Å². The van der Waals surface area contributed by atoms with Crippen LogP contribution in [0.1, 0.15) is 37.6 Å². The Morgan fingerprint density at radius 3 is 2.69 bits per heavy atom. The number of rotatable bonds is 7. The lowest BCUT2D eigenvalue weighted by Gasteiger charge is -2.22. The molecule has 0 radical (unpaired) electrons. The van der Waals surface area contributed by atoms with Crippen LogP contribution in [0.15, 0.2) is 51.9 Å². The molecule has 2 aromatic heterocycles. The van der Waals surface area contributed by atoms with Gasteiger partial charge in [0.15, 0.2) is 0 Å². The van der Waals surface area contributed by atoms with Gasteiger partial charge in [0.2, 0.25) is 0 Å². The van der Waals surface area contributed by atoms with Gasteiger partial charge >= 0.3 is 0 Å². The van der Waals surface area contributed by atoms with Crippen molar-refractivity contribution in [3.63, 3.8) is 0 Å². The Kier molecular flexibility index (Phi) is 6.78. The molecule has 1 aromatic carbocycles. The average Bonchev–Trinajstić information content (AvgIpc) is 3.29. The van der Waals surface area contributed by atoms with Crippen molar-refractivity contribution in [1.82, 2.24) is 20.2 Å². The third-order valence-corrected chi connectivity index (χ3v) is 7.11. The van der Waals surface area contributed by atoms with Crippen LogP contribution < -0.4 is 0 Å². The molecule has 1 aliphatic carbocycles. The molecular formula is C23H23FN4O3S. The molecule has 0 saturated carbocycles. The van der Waals surface area contributed by atoms with Crippen molar-refractivity contribution in [1.29, 1.82) is 0 Å². The molecule has 166 valence electrons. The molecule has 7 nitrogen and oxygen atoms in total. The van der Waals surface area contributed by atoms with Gasteiger partial charge in [-0.3, -0.25) is 4.98 Å². The van der Waals surface area contributed by atoms with Crippen LogP contribution in [0.5, 0.6) is 0 Å². The quantitative estimate of drug-likeness (QED) is 0.533. The van der Waals surface area contributed by atoms with Crippen molar-refractivity contribution in [2.45, 2.75) is 38.4 Å². The number of aliphatic hydroxyl groups excluding tert-OH is 1. The summed E-state index contributed by atoms with van der Waals surface area (Å²) in [6.45, 7) is 3.69. The first-order valence-electron chi connectivity index (χ1n) is 10.3. The van der Waals surface area contributed by atoms with E-state index in [-0.39, 0.29) is 29.2 Å². The third-order valence-electron chi connectivity index (χ3n) is 5.29. The Balaban J connectivity index is 1.60. The maximum absolute atomic E-state index is 14.1. The molecule has 4 rings (SSSR count). The zero-order valence-corrected chi connectivity index (χ0v) is 18.6. The van der Waals surface area contributed by atoms with Gasteiger partial charge in [0.25, 0.3) is 11.8 Å². The first-order chi connectivity index (χ1) is 15.5. The van der Waals surface area contributed by atoms with Crippen molar-refractivity contribution in [2.75, 3.05) is 6.61 Å². The summed E-state index contributed by atoms with van der Waals surface area (Å²) < 4.78 is 32.3. The van der Waals surface area contributed by atoms with Crippen molar-refractivity contribution in [3.05, 3.63) is 64.7 Å². The summed E-state index contributed by atoms with van der Waals surface area (Å²) >= 11 is -1.12. The molecule has 2 heterocycles. The highest BCUT2D eigenvalue weighted by atomic mass is 32.2. The monoisotopic (exact) mass is 454 g/mol. The van der Waals surface area contributed by atoms with Gasteiger partial charge in [0.05, 0.1) is 23.1 Å². The topological polar surface area (TPSA) is 108 Å². The fourth-order valence-electron chi connectivity index (χ4n) is 3.42. The van der Waals surface area contributed by atoms with Gasteiger partial charge in [0.1, 0.15) is 21.7 Å². The second-order valence-electron chi connectivity index (χ2n) is 7.53. The van der Waals surface area contributed by atoms with E-state index in [9.17, 15) is 8.94 Å². The van der Waals surface area contributed by atoms with Crippen molar-refractivity contribution < 1.29 is 18.5 Å². The summed E-state index contributed by atoms with van der Waals surface area (Å²) in [5, 5.41) is 17.0. The van der Waals surface area contributed by atoms with Crippen LogP contribution in [0.4, 0.5) is 4.39 Å². The SMILES string of the molecule is Cc1ncc(C2=CC=C([S+]([O-])C(C)CCO)CC2)nc1-c1nnc(-c2ccccc2F)o1. The highest BCUT2D eigenvalue weighted by molar-refractivity contribution is 7.95. The normalized spacial score (nSPS) is 15.8. The van der Waals surface area contributed by atoms with Crippen molar-refractivity contribution in [2.24, 2.45) is 0 Å². The van der Waals surface area contributed by atoms with Crippen LogP contribution >= 0.6 is 0 Å². The summed E-state index contributed by atoms with van der Waals surface area (Å²) in [5.41, 5.74) is 2.91. The van der Waals surface area contributed by atoms with Crippen molar-refractivity contribution in [3.8, 4) is 23.0 Å². The van der Waals surface area contributed by atoms with Crippen molar-refractivity contribution >= 4 is 16.7 Å². The van der Waals surface area contributed by atoms with Gasteiger partial charge in [-0.15, -0.1) is 10.2 Å². The van der Waals surface area contributed by atoms with E-state index in [0.29, 0.717) is 36.3 Å². The molecule has 0 saturated heterocycles. The molecule has 3 aromatic rings. The number of aliphatic hydroxyl groups is 1. The van der Waals surface area contributed by atoms with Gasteiger partial charge < -0.3 is 14.1 Å². The van der Waals surface area contributed by atoms with E-state index in [1.807, 2.05) is 19.1 Å². The molecule has 0 fully saturated rings. The third kappa shape index (κ3) is 4.64. The van der Waals surface area contributed by atoms with Gasteiger partial charge in [-0.25, -0.2) is 9.37 Å². The molecule has 0 bridgehead atoms. The summed E-state index contributed by atoms with van der Waals surface area (Å²) in [6, 6.07) is 6.20. The van der Waals surface area contributed by atoms with E-state index >= 15 is 0 Å². The minimum absolute atomic E-state index is 0.0251. The highest BCUT2D eigenvalue weighted by Crippen LogP contribution is 2.32. The molecule has 2 unspecified atom stereocenters. The summed E-state index contributed by atoms with van der Waals surface area (Å²) in [6.07, 6.45) is 7.29. The lowest BCUT2D eigenvalue weighted by atomic mass is 10.0. The van der Waals surface area contributed by atoms with Crippen LogP contribution in [0.3, 0.4) is 0 Å². The number of aromatic nitrogens is 4. The Bertz CT molecular complexity index is 1180. The molecule has 1 N–H and O–H groups in total. The van der Waals surface area contributed by atoms with Crippen LogP contribution in [0.25, 0.3) is 28.6 Å². The van der Waals surface area contributed by atoms with E-state index in [1.165, 1.54) is 6.07 Å². The predicted octanol–water partition coefficient (Wildman–Crippen LogP) is 4.22. The summed E-state index contributed by atoms with van der Waals surface area (Å²) in [5.74, 6) is -0.199. The van der Waals surface area contributed by atoms with E-state index in [2.05, 4.69) is 20.2 Å². The summed E-state index contributed by atoms with van der Waals surface area (Å²) in [7, 11) is 0. The smallest absolute Gasteiger partial charge is 0.268 e. The molecule has 0 spiro atoms. The molecular weight excluding hydrogens is 431 g/mol. The van der Waals surface area contributed by atoms with Gasteiger partial charge in [-0.05, 0) is 55.2 Å². The van der Waals surface area contributed by atoms with Crippen LogP contribution in [0, 0.1) is 12.7 Å². The van der Waals surface area contributed by atoms with E-state index in [0.717, 1.165) is 10.5 Å². The minimum atomic E-state index is -1.12. The van der Waals surface area contributed by atoms with E-state index in [4.69, 9.17) is 9.52 Å². The lowest BCUT2D eigenvalue weighted by molar-refractivity contribution is 0.287. The van der Waals surface area contributed by atoms with E-state index < -0.39 is 17.0 Å². The Morgan fingerprint density at radius 1 is 1.19 bits per heavy atom. The van der Waals surface area contributed by atoms with Crippen LogP contribution in [-0.2, 0) is 11.2 Å². The maximum Gasteiger partial charge on any atom is 0.268 e. The number of allylic oxidation sites excluding steroid dienone is 4. The number of benzene rings is 1. The van der Waals surface area contributed by atoms with Crippen LogP contribution in [-0.4, -0.2) is 41.7 Å². The summed E-state index contributed by atoms with van der Waals surface area (Å²) in [4.78, 5) is 9.96. The number of halogens is 1. The highest BCUT2D eigenvalue weighted by Gasteiger charge is 2.25. The molecule has 0 aliphatic heterocycles. The Morgan fingerprint density at radius 2 is 1.97 bits per heavy atom. The average molecular weight is 455 g/mol. The number of hydrogen-bond acceptors (Lipinski definition) is 7. The fourth-order valence-corrected chi connectivity index (χ4v) is 4.76. The van der Waals surface area contributed by atoms with E-state index in [1.54, 1.807) is 31.3 Å². The number of nitrogens with zero attached hydrogens (tertiary/aromatic N) is 4. The molecule has 1 aliphatic rings. The zero-order valence-electron chi connectivity index (χ0n) is 17.8. The first-order valence-corrected chi connectivity index (χ1v) is 11.5. The maximum atomic E-state index is 14.1. The lowest BCUT2D eigenvalue weighted by Crippen LogP contribution is -2.21. The van der Waals surface area contributed by atoms with Gasteiger partial charge in [0, 0.05) is 19.4 Å². The number of aryl methyl sites for hydroxylation is 1.